The van der Waals surface area contributed by atoms with E-state index >= 15 is 0 Å². The summed E-state index contributed by atoms with van der Waals surface area (Å²) in [6, 6.07) is 3.48. The Balaban J connectivity index is 1.91. The van der Waals surface area contributed by atoms with Crippen LogP contribution in [-0.4, -0.2) is 26.0 Å². The van der Waals surface area contributed by atoms with Crippen LogP contribution in [0.3, 0.4) is 0 Å². The standard InChI is InChI=1S/C11H10N4O/c16-6-8-1-4-10(12-5-8)15-7-13-11(14-15)9-2-3-9/h1,4-7,9H,2-3H2. The van der Waals surface area contributed by atoms with Gasteiger partial charge in [0.05, 0.1) is 0 Å². The van der Waals surface area contributed by atoms with E-state index in [1.165, 1.54) is 19.0 Å². The van der Waals surface area contributed by atoms with Crippen molar-refractivity contribution in [2.24, 2.45) is 0 Å². The van der Waals surface area contributed by atoms with E-state index in [9.17, 15) is 4.79 Å². The molecule has 2 heterocycles. The second-order valence-electron chi connectivity index (χ2n) is 3.89. The number of hydrogen-bond acceptors (Lipinski definition) is 4. The van der Waals surface area contributed by atoms with Gasteiger partial charge >= 0.3 is 0 Å². The predicted molar refractivity (Wildman–Crippen MR) is 56.5 cm³/mol. The molecule has 0 bridgehead atoms. The Kier molecular flexibility index (Phi) is 2.02. The third-order valence-electron chi connectivity index (χ3n) is 2.59. The van der Waals surface area contributed by atoms with Crippen molar-refractivity contribution in [3.63, 3.8) is 0 Å². The summed E-state index contributed by atoms with van der Waals surface area (Å²) in [6.07, 6.45) is 6.33. The predicted octanol–water partition coefficient (Wildman–Crippen LogP) is 1.35. The summed E-state index contributed by atoms with van der Waals surface area (Å²) in [6.45, 7) is 0. The van der Waals surface area contributed by atoms with E-state index in [2.05, 4.69) is 15.1 Å². The van der Waals surface area contributed by atoms with Crippen LogP contribution in [0.4, 0.5) is 0 Å². The SMILES string of the molecule is O=Cc1ccc(-n2cnc(C3CC3)n2)nc1. The van der Waals surface area contributed by atoms with Gasteiger partial charge in [-0.25, -0.2) is 14.6 Å². The van der Waals surface area contributed by atoms with Crippen LogP contribution < -0.4 is 0 Å². The summed E-state index contributed by atoms with van der Waals surface area (Å²) in [5, 5.41) is 4.35. The Bertz CT molecular complexity index is 513. The minimum absolute atomic E-state index is 0.537. The topological polar surface area (TPSA) is 60.7 Å². The first-order valence-corrected chi connectivity index (χ1v) is 5.20. The van der Waals surface area contributed by atoms with E-state index in [1.807, 2.05) is 0 Å². The lowest BCUT2D eigenvalue weighted by atomic mass is 10.3. The van der Waals surface area contributed by atoms with Gasteiger partial charge in [0.15, 0.2) is 17.9 Å². The molecule has 0 spiro atoms. The fourth-order valence-electron chi connectivity index (χ4n) is 1.52. The lowest BCUT2D eigenvalue weighted by Crippen LogP contribution is -1.99. The van der Waals surface area contributed by atoms with E-state index in [1.54, 1.807) is 23.1 Å². The molecule has 1 fully saturated rings. The van der Waals surface area contributed by atoms with Gasteiger partial charge in [0.1, 0.15) is 6.33 Å². The van der Waals surface area contributed by atoms with E-state index in [0.29, 0.717) is 17.3 Å². The number of carbonyl (C=O) groups is 1. The molecule has 0 aliphatic heterocycles. The van der Waals surface area contributed by atoms with Crippen LogP contribution in [0.1, 0.15) is 34.9 Å². The summed E-state index contributed by atoms with van der Waals surface area (Å²) in [4.78, 5) is 18.9. The molecule has 1 saturated carbocycles. The molecular weight excluding hydrogens is 204 g/mol. The van der Waals surface area contributed by atoms with Crippen molar-refractivity contribution in [2.45, 2.75) is 18.8 Å². The highest BCUT2D eigenvalue weighted by Gasteiger charge is 2.27. The minimum Gasteiger partial charge on any atom is -0.298 e. The highest BCUT2D eigenvalue weighted by molar-refractivity contribution is 5.74. The Hall–Kier alpha value is -2.04. The maximum atomic E-state index is 10.5. The van der Waals surface area contributed by atoms with Gasteiger partial charge in [0.2, 0.25) is 0 Å². The van der Waals surface area contributed by atoms with Gasteiger partial charge in [-0.3, -0.25) is 4.79 Å². The first-order valence-electron chi connectivity index (χ1n) is 5.20. The van der Waals surface area contributed by atoms with Crippen molar-refractivity contribution in [1.82, 2.24) is 19.7 Å². The van der Waals surface area contributed by atoms with Crippen LogP contribution in [0.2, 0.25) is 0 Å². The molecule has 1 aliphatic carbocycles. The molecule has 0 saturated heterocycles. The quantitative estimate of drug-likeness (QED) is 0.723. The highest BCUT2D eigenvalue weighted by atomic mass is 16.1. The van der Waals surface area contributed by atoms with E-state index in [0.717, 1.165) is 12.1 Å². The van der Waals surface area contributed by atoms with Crippen molar-refractivity contribution >= 4 is 6.29 Å². The second kappa shape index (κ2) is 3.52. The van der Waals surface area contributed by atoms with Crippen molar-refractivity contribution in [3.05, 3.63) is 36.0 Å². The molecule has 0 radical (unpaired) electrons. The number of aromatic nitrogens is 4. The molecule has 0 amide bonds. The van der Waals surface area contributed by atoms with Crippen LogP contribution in [-0.2, 0) is 0 Å². The zero-order valence-corrected chi connectivity index (χ0v) is 8.58. The Morgan fingerprint density at radius 2 is 2.19 bits per heavy atom. The van der Waals surface area contributed by atoms with E-state index in [4.69, 9.17) is 0 Å². The van der Waals surface area contributed by atoms with Crippen LogP contribution in [0.25, 0.3) is 5.82 Å². The first-order chi connectivity index (χ1) is 7.86. The lowest BCUT2D eigenvalue weighted by Gasteiger charge is -1.98. The van der Waals surface area contributed by atoms with E-state index in [-0.39, 0.29) is 0 Å². The fraction of sp³-hybridized carbons (Fsp3) is 0.273. The number of pyridine rings is 1. The molecule has 5 heteroatoms. The van der Waals surface area contributed by atoms with Crippen LogP contribution >= 0.6 is 0 Å². The average Bonchev–Trinajstić information content (AvgIpc) is 3.08. The normalized spacial score (nSPS) is 15.0. The number of nitrogens with zero attached hydrogens (tertiary/aromatic N) is 4. The number of aldehydes is 1. The molecule has 0 N–H and O–H groups in total. The molecule has 1 aliphatic rings. The third kappa shape index (κ3) is 1.60. The maximum Gasteiger partial charge on any atom is 0.155 e. The molecule has 5 nitrogen and oxygen atoms in total. The van der Waals surface area contributed by atoms with Gasteiger partial charge in [-0.2, -0.15) is 0 Å². The highest BCUT2D eigenvalue weighted by Crippen LogP contribution is 2.37. The fourth-order valence-corrected chi connectivity index (χ4v) is 1.52. The Morgan fingerprint density at radius 1 is 1.31 bits per heavy atom. The molecule has 2 aromatic heterocycles. The summed E-state index contributed by atoms with van der Waals surface area (Å²) in [5.74, 6) is 2.11. The summed E-state index contributed by atoms with van der Waals surface area (Å²) >= 11 is 0. The minimum atomic E-state index is 0.537. The van der Waals surface area contributed by atoms with Crippen LogP contribution in [0, 0.1) is 0 Å². The molecule has 0 unspecified atom stereocenters. The molecule has 0 aromatic carbocycles. The molecular formula is C11H10N4O. The summed E-state index contributed by atoms with van der Waals surface area (Å²) in [7, 11) is 0. The summed E-state index contributed by atoms with van der Waals surface area (Å²) < 4.78 is 1.64. The average molecular weight is 214 g/mol. The van der Waals surface area contributed by atoms with E-state index < -0.39 is 0 Å². The molecule has 80 valence electrons. The van der Waals surface area contributed by atoms with Gasteiger partial charge < -0.3 is 0 Å². The molecule has 16 heavy (non-hydrogen) atoms. The van der Waals surface area contributed by atoms with Gasteiger partial charge in [0, 0.05) is 17.7 Å². The second-order valence-corrected chi connectivity index (χ2v) is 3.89. The van der Waals surface area contributed by atoms with Crippen molar-refractivity contribution in [3.8, 4) is 5.82 Å². The Morgan fingerprint density at radius 3 is 2.81 bits per heavy atom. The number of carbonyl (C=O) groups excluding carboxylic acids is 1. The Labute approximate surface area is 92.2 Å². The smallest absolute Gasteiger partial charge is 0.155 e. The maximum absolute atomic E-state index is 10.5. The molecule has 2 aromatic rings. The monoisotopic (exact) mass is 214 g/mol. The van der Waals surface area contributed by atoms with Crippen molar-refractivity contribution in [2.75, 3.05) is 0 Å². The van der Waals surface area contributed by atoms with Crippen molar-refractivity contribution < 1.29 is 4.79 Å². The number of rotatable bonds is 3. The largest absolute Gasteiger partial charge is 0.298 e. The van der Waals surface area contributed by atoms with Crippen LogP contribution in [0.5, 0.6) is 0 Å². The van der Waals surface area contributed by atoms with Gasteiger partial charge in [0.25, 0.3) is 0 Å². The van der Waals surface area contributed by atoms with Gasteiger partial charge in [-0.1, -0.05) is 0 Å². The summed E-state index contributed by atoms with van der Waals surface area (Å²) in [5.41, 5.74) is 0.561. The molecule has 3 rings (SSSR count). The molecule has 0 atom stereocenters. The van der Waals surface area contributed by atoms with Gasteiger partial charge in [-0.05, 0) is 25.0 Å². The first kappa shape index (κ1) is 9.21. The zero-order valence-electron chi connectivity index (χ0n) is 8.58. The third-order valence-corrected chi connectivity index (χ3v) is 2.59. The zero-order chi connectivity index (χ0) is 11.0. The van der Waals surface area contributed by atoms with Crippen LogP contribution in [0.15, 0.2) is 24.7 Å². The van der Waals surface area contributed by atoms with Gasteiger partial charge in [-0.15, -0.1) is 5.10 Å². The van der Waals surface area contributed by atoms with Crippen molar-refractivity contribution in [1.29, 1.82) is 0 Å². The lowest BCUT2D eigenvalue weighted by molar-refractivity contribution is 0.112. The number of hydrogen-bond donors (Lipinski definition) is 0.